The Kier molecular flexibility index (Phi) is 3.89. The molecule has 1 unspecified atom stereocenters. The van der Waals surface area contributed by atoms with Crippen LogP contribution in [-0.4, -0.2) is 22.0 Å². The van der Waals surface area contributed by atoms with E-state index in [2.05, 4.69) is 5.10 Å². The molecule has 0 radical (unpaired) electrons. The summed E-state index contributed by atoms with van der Waals surface area (Å²) in [5, 5.41) is 15.1. The standard InChI is InChI=1S/C13H15ClN2O2/c1-3-16-10(7-8-15-16)13(17)12-9(14)5-4-6-11(12)18-2/h4-8,13,17H,3H2,1-2H3. The van der Waals surface area contributed by atoms with E-state index in [4.69, 9.17) is 16.3 Å². The number of ether oxygens (including phenoxy) is 1. The van der Waals surface area contributed by atoms with Crippen LogP contribution in [0.5, 0.6) is 5.75 Å². The van der Waals surface area contributed by atoms with E-state index in [1.807, 2.05) is 6.92 Å². The minimum Gasteiger partial charge on any atom is -0.496 e. The van der Waals surface area contributed by atoms with Crippen LogP contribution in [-0.2, 0) is 6.54 Å². The summed E-state index contributed by atoms with van der Waals surface area (Å²) < 4.78 is 6.97. The first kappa shape index (κ1) is 12.9. The molecular formula is C13H15ClN2O2. The van der Waals surface area contributed by atoms with Crippen molar-refractivity contribution in [1.82, 2.24) is 9.78 Å². The first-order valence-corrected chi connectivity index (χ1v) is 6.09. The van der Waals surface area contributed by atoms with Gasteiger partial charge in [-0.3, -0.25) is 4.68 Å². The average Bonchev–Trinajstić information content (AvgIpc) is 2.85. The molecule has 5 heteroatoms. The van der Waals surface area contributed by atoms with Gasteiger partial charge in [-0.1, -0.05) is 17.7 Å². The summed E-state index contributed by atoms with van der Waals surface area (Å²) in [6, 6.07) is 7.07. The molecule has 0 aliphatic heterocycles. The maximum Gasteiger partial charge on any atom is 0.126 e. The molecule has 0 aliphatic carbocycles. The van der Waals surface area contributed by atoms with E-state index in [-0.39, 0.29) is 0 Å². The molecule has 1 N–H and O–H groups in total. The van der Waals surface area contributed by atoms with Gasteiger partial charge in [0.2, 0.25) is 0 Å². The minimum atomic E-state index is -0.851. The lowest BCUT2D eigenvalue weighted by Crippen LogP contribution is -2.10. The molecule has 0 saturated heterocycles. The molecule has 2 aromatic rings. The molecule has 0 aliphatic rings. The van der Waals surface area contributed by atoms with Gasteiger partial charge >= 0.3 is 0 Å². The highest BCUT2D eigenvalue weighted by Gasteiger charge is 2.21. The number of rotatable bonds is 4. The zero-order valence-electron chi connectivity index (χ0n) is 10.3. The second-order valence-electron chi connectivity index (χ2n) is 3.83. The first-order valence-electron chi connectivity index (χ1n) is 5.71. The molecule has 2 rings (SSSR count). The van der Waals surface area contributed by atoms with Gasteiger partial charge in [-0.2, -0.15) is 5.10 Å². The van der Waals surface area contributed by atoms with Crippen LogP contribution < -0.4 is 4.74 Å². The van der Waals surface area contributed by atoms with Crippen molar-refractivity contribution in [3.8, 4) is 5.75 Å². The fourth-order valence-corrected chi connectivity index (χ4v) is 2.22. The van der Waals surface area contributed by atoms with Crippen molar-refractivity contribution in [1.29, 1.82) is 0 Å². The van der Waals surface area contributed by atoms with Gasteiger partial charge in [0.05, 0.1) is 17.8 Å². The SMILES string of the molecule is CCn1nccc1C(O)c1c(Cl)cccc1OC. The Morgan fingerprint density at radius 3 is 2.89 bits per heavy atom. The third-order valence-corrected chi connectivity index (χ3v) is 3.16. The third kappa shape index (κ3) is 2.21. The van der Waals surface area contributed by atoms with Crippen LogP contribution in [0.1, 0.15) is 24.3 Å². The summed E-state index contributed by atoms with van der Waals surface area (Å²) in [5.41, 5.74) is 1.26. The summed E-state index contributed by atoms with van der Waals surface area (Å²) >= 11 is 6.15. The molecule has 18 heavy (non-hydrogen) atoms. The highest BCUT2D eigenvalue weighted by atomic mass is 35.5. The highest BCUT2D eigenvalue weighted by molar-refractivity contribution is 6.31. The van der Waals surface area contributed by atoms with Gasteiger partial charge in [-0.05, 0) is 25.1 Å². The number of hydrogen-bond donors (Lipinski definition) is 1. The first-order chi connectivity index (χ1) is 8.69. The average molecular weight is 267 g/mol. The van der Waals surface area contributed by atoms with Gasteiger partial charge in [-0.25, -0.2) is 0 Å². The van der Waals surface area contributed by atoms with Crippen LogP contribution >= 0.6 is 11.6 Å². The van der Waals surface area contributed by atoms with Gasteiger partial charge in [-0.15, -0.1) is 0 Å². The third-order valence-electron chi connectivity index (χ3n) is 2.84. The molecule has 1 aromatic heterocycles. The Bertz CT molecular complexity index is 540. The maximum atomic E-state index is 10.5. The monoisotopic (exact) mass is 266 g/mol. The summed E-state index contributed by atoms with van der Waals surface area (Å²) in [6.45, 7) is 2.65. The van der Waals surface area contributed by atoms with Crippen LogP contribution in [0.15, 0.2) is 30.5 Å². The topological polar surface area (TPSA) is 47.3 Å². The molecule has 0 fully saturated rings. The normalized spacial score (nSPS) is 12.4. The molecule has 1 heterocycles. The lowest BCUT2D eigenvalue weighted by atomic mass is 10.1. The Labute approximate surface area is 111 Å². The predicted octanol–water partition coefficient (Wildman–Crippen LogP) is 2.65. The lowest BCUT2D eigenvalue weighted by Gasteiger charge is -2.17. The van der Waals surface area contributed by atoms with Crippen molar-refractivity contribution >= 4 is 11.6 Å². The van der Waals surface area contributed by atoms with E-state index < -0.39 is 6.10 Å². The Hall–Kier alpha value is -1.52. The molecule has 0 amide bonds. The summed E-state index contributed by atoms with van der Waals surface area (Å²) in [7, 11) is 1.55. The summed E-state index contributed by atoms with van der Waals surface area (Å²) in [4.78, 5) is 0. The van der Waals surface area contributed by atoms with Crippen LogP contribution in [0.4, 0.5) is 0 Å². The van der Waals surface area contributed by atoms with E-state index in [1.54, 1.807) is 42.3 Å². The van der Waals surface area contributed by atoms with Crippen LogP contribution in [0, 0.1) is 0 Å². The Morgan fingerprint density at radius 2 is 2.22 bits per heavy atom. The summed E-state index contributed by atoms with van der Waals surface area (Å²) in [5.74, 6) is 0.568. The van der Waals surface area contributed by atoms with Crippen LogP contribution in [0.3, 0.4) is 0 Å². The number of hydrogen-bond acceptors (Lipinski definition) is 3. The van der Waals surface area contributed by atoms with E-state index in [0.717, 1.165) is 0 Å². The second kappa shape index (κ2) is 5.42. The maximum absolute atomic E-state index is 10.5. The predicted molar refractivity (Wildman–Crippen MR) is 70.0 cm³/mol. The van der Waals surface area contributed by atoms with Crippen LogP contribution in [0.25, 0.3) is 0 Å². The van der Waals surface area contributed by atoms with Gasteiger partial charge in [0, 0.05) is 18.3 Å². The zero-order valence-corrected chi connectivity index (χ0v) is 11.1. The van der Waals surface area contributed by atoms with Crippen molar-refractivity contribution in [3.05, 3.63) is 46.7 Å². The van der Waals surface area contributed by atoms with Crippen molar-refractivity contribution in [2.75, 3.05) is 7.11 Å². The number of aryl methyl sites for hydroxylation is 1. The Morgan fingerprint density at radius 1 is 1.44 bits per heavy atom. The highest BCUT2D eigenvalue weighted by Crippen LogP contribution is 2.35. The fraction of sp³-hybridized carbons (Fsp3) is 0.308. The zero-order chi connectivity index (χ0) is 13.1. The number of aliphatic hydroxyl groups excluding tert-OH is 1. The number of halogens is 1. The molecule has 1 atom stereocenters. The molecule has 0 saturated carbocycles. The number of nitrogens with zero attached hydrogens (tertiary/aromatic N) is 2. The van der Waals surface area contributed by atoms with Crippen molar-refractivity contribution in [3.63, 3.8) is 0 Å². The fourth-order valence-electron chi connectivity index (χ4n) is 1.95. The number of methoxy groups -OCH3 is 1. The van der Waals surface area contributed by atoms with Gasteiger partial charge in [0.25, 0.3) is 0 Å². The van der Waals surface area contributed by atoms with Crippen LogP contribution in [0.2, 0.25) is 5.02 Å². The smallest absolute Gasteiger partial charge is 0.126 e. The number of aliphatic hydroxyl groups is 1. The number of aromatic nitrogens is 2. The van der Waals surface area contributed by atoms with Crippen molar-refractivity contribution < 1.29 is 9.84 Å². The molecule has 0 spiro atoms. The largest absolute Gasteiger partial charge is 0.496 e. The van der Waals surface area contributed by atoms with Crippen molar-refractivity contribution in [2.45, 2.75) is 19.6 Å². The van der Waals surface area contributed by atoms with E-state index in [0.29, 0.717) is 28.6 Å². The van der Waals surface area contributed by atoms with E-state index in [9.17, 15) is 5.11 Å². The molecule has 96 valence electrons. The van der Waals surface area contributed by atoms with E-state index in [1.165, 1.54) is 0 Å². The molecule has 4 nitrogen and oxygen atoms in total. The Balaban J connectivity index is 2.49. The number of benzene rings is 1. The second-order valence-corrected chi connectivity index (χ2v) is 4.24. The molecule has 0 bridgehead atoms. The quantitative estimate of drug-likeness (QED) is 0.925. The van der Waals surface area contributed by atoms with E-state index >= 15 is 0 Å². The van der Waals surface area contributed by atoms with Gasteiger partial charge < -0.3 is 9.84 Å². The van der Waals surface area contributed by atoms with Gasteiger partial charge in [0.15, 0.2) is 0 Å². The minimum absolute atomic E-state index is 0.478. The van der Waals surface area contributed by atoms with Gasteiger partial charge in [0.1, 0.15) is 11.9 Å². The summed E-state index contributed by atoms with van der Waals surface area (Å²) in [6.07, 6.45) is 0.807. The molecular weight excluding hydrogens is 252 g/mol. The lowest BCUT2D eigenvalue weighted by molar-refractivity contribution is 0.203. The molecule has 1 aromatic carbocycles. The van der Waals surface area contributed by atoms with Crippen molar-refractivity contribution in [2.24, 2.45) is 0 Å².